The maximum atomic E-state index is 16.1. The molecular formula is C33H43ClFN3O6S. The highest BCUT2D eigenvalue weighted by Crippen LogP contribution is 2.38. The molecule has 2 bridgehead atoms. The molecule has 0 aliphatic carbocycles. The molecule has 3 aliphatic rings. The van der Waals surface area contributed by atoms with Crippen molar-refractivity contribution in [1.82, 2.24) is 9.62 Å². The van der Waals surface area contributed by atoms with Crippen molar-refractivity contribution in [1.29, 1.82) is 0 Å². The molecule has 3 aliphatic heterocycles. The van der Waals surface area contributed by atoms with E-state index in [2.05, 4.69) is 9.62 Å². The molecule has 0 spiro atoms. The summed E-state index contributed by atoms with van der Waals surface area (Å²) < 4.78 is 51.2. The van der Waals surface area contributed by atoms with E-state index in [0.717, 1.165) is 43.2 Å². The van der Waals surface area contributed by atoms with Gasteiger partial charge in [0.25, 0.3) is 5.91 Å². The van der Waals surface area contributed by atoms with Crippen LogP contribution in [0.5, 0.6) is 5.75 Å². The Bertz CT molecular complexity index is 1530. The van der Waals surface area contributed by atoms with Crippen molar-refractivity contribution in [2.75, 3.05) is 37.7 Å². The lowest BCUT2D eigenvalue weighted by Gasteiger charge is -2.43. The number of nitrogens with one attached hydrogen (secondary N) is 1. The summed E-state index contributed by atoms with van der Waals surface area (Å²) in [5.41, 5.74) is 1.25. The highest BCUT2D eigenvalue weighted by molar-refractivity contribution is 7.90. The van der Waals surface area contributed by atoms with Gasteiger partial charge in [0, 0.05) is 29.7 Å². The molecule has 1 fully saturated rings. The first-order valence-electron chi connectivity index (χ1n) is 15.7. The van der Waals surface area contributed by atoms with Crippen LogP contribution in [0.25, 0.3) is 0 Å². The van der Waals surface area contributed by atoms with Gasteiger partial charge in [0.2, 0.25) is 10.0 Å². The number of allylic oxidation sites excluding steroid dienone is 1. The van der Waals surface area contributed by atoms with Crippen LogP contribution in [0.2, 0.25) is 5.02 Å². The number of fused-ring (bicyclic) bond motifs is 3. The van der Waals surface area contributed by atoms with Gasteiger partial charge in [-0.25, -0.2) is 17.5 Å². The average molecular weight is 664 g/mol. The molecule has 2 aromatic rings. The Labute approximate surface area is 270 Å². The third-order valence-corrected chi connectivity index (χ3v) is 11.9. The predicted molar refractivity (Wildman–Crippen MR) is 173 cm³/mol. The number of carbonyl (C=O) groups is 1. The molecule has 2 aromatic carbocycles. The van der Waals surface area contributed by atoms with Crippen LogP contribution in [-0.4, -0.2) is 79.1 Å². The quantitative estimate of drug-likeness (QED) is 0.427. The number of aryl methyl sites for hydroxylation is 1. The molecular weight excluding hydrogens is 621 g/mol. The molecule has 5 rings (SSSR count). The second-order valence-corrected chi connectivity index (χ2v) is 15.0. The number of rotatable bonds is 2. The molecule has 45 heavy (non-hydrogen) atoms. The van der Waals surface area contributed by atoms with Gasteiger partial charge in [0.15, 0.2) is 0 Å². The number of carbonyl (C=O) groups excluding carboxylic acids is 1. The van der Waals surface area contributed by atoms with E-state index in [4.69, 9.17) is 16.3 Å². The fraction of sp³-hybridized carbons (Fsp3) is 0.545. The SMILES string of the molecule is C[C@@H]1[C@@H](C)C/C=C(\F)C(CO)(CO)N2CCC[C@H]2CN2CCCCc3cc(Cl)ccc3COc3ccc(cc32)C(=O)NS1(=O)=O. The number of anilines is 1. The number of sulfonamides is 1. The minimum absolute atomic E-state index is 0.0399. The zero-order chi connectivity index (χ0) is 32.4. The van der Waals surface area contributed by atoms with Crippen molar-refractivity contribution < 1.29 is 32.6 Å². The highest BCUT2D eigenvalue weighted by atomic mass is 35.5. The van der Waals surface area contributed by atoms with Crippen LogP contribution in [0, 0.1) is 5.92 Å². The summed E-state index contributed by atoms with van der Waals surface area (Å²) in [5, 5.41) is 20.8. The smallest absolute Gasteiger partial charge is 0.264 e. The summed E-state index contributed by atoms with van der Waals surface area (Å²) in [4.78, 5) is 17.3. The Morgan fingerprint density at radius 3 is 2.60 bits per heavy atom. The van der Waals surface area contributed by atoms with Gasteiger partial charge in [-0.3, -0.25) is 9.69 Å². The number of hydrogen-bond donors (Lipinski definition) is 3. The minimum Gasteiger partial charge on any atom is -0.487 e. The van der Waals surface area contributed by atoms with E-state index in [9.17, 15) is 23.4 Å². The fourth-order valence-corrected chi connectivity index (χ4v) is 8.18. The minimum atomic E-state index is -4.12. The molecule has 246 valence electrons. The van der Waals surface area contributed by atoms with E-state index in [1.807, 2.05) is 23.1 Å². The molecule has 0 aromatic heterocycles. The number of aliphatic hydroxyl groups is 2. The maximum Gasteiger partial charge on any atom is 0.264 e. The first-order valence-corrected chi connectivity index (χ1v) is 17.6. The topological polar surface area (TPSA) is 119 Å². The Kier molecular flexibility index (Phi) is 10.4. The van der Waals surface area contributed by atoms with Crippen LogP contribution in [0.1, 0.15) is 67.4 Å². The van der Waals surface area contributed by atoms with Crippen molar-refractivity contribution in [2.24, 2.45) is 5.92 Å². The van der Waals surface area contributed by atoms with E-state index >= 15 is 4.39 Å². The number of aliphatic hydroxyl groups excluding tert-OH is 2. The summed E-state index contributed by atoms with van der Waals surface area (Å²) in [7, 11) is -4.12. The molecule has 12 heteroatoms. The molecule has 1 saturated heterocycles. The summed E-state index contributed by atoms with van der Waals surface area (Å²) in [6.07, 6.45) is 5.23. The maximum absolute atomic E-state index is 16.1. The first-order chi connectivity index (χ1) is 21.5. The van der Waals surface area contributed by atoms with Crippen LogP contribution in [0.15, 0.2) is 48.3 Å². The number of benzene rings is 2. The van der Waals surface area contributed by atoms with Crippen LogP contribution in [0.4, 0.5) is 10.1 Å². The molecule has 3 heterocycles. The van der Waals surface area contributed by atoms with Crippen LogP contribution < -0.4 is 14.4 Å². The molecule has 0 unspecified atom stereocenters. The predicted octanol–water partition coefficient (Wildman–Crippen LogP) is 4.59. The van der Waals surface area contributed by atoms with Gasteiger partial charge in [-0.05, 0) is 99.4 Å². The van der Waals surface area contributed by atoms with E-state index in [-0.39, 0.29) is 24.6 Å². The van der Waals surface area contributed by atoms with E-state index in [1.54, 1.807) is 25.1 Å². The van der Waals surface area contributed by atoms with Crippen molar-refractivity contribution in [2.45, 2.75) is 75.8 Å². The largest absolute Gasteiger partial charge is 0.487 e. The Balaban J connectivity index is 1.62. The molecule has 1 amide bonds. The number of ether oxygens (including phenoxy) is 1. The lowest BCUT2D eigenvalue weighted by Crippen LogP contribution is -2.59. The van der Waals surface area contributed by atoms with Crippen LogP contribution >= 0.6 is 11.6 Å². The van der Waals surface area contributed by atoms with Gasteiger partial charge in [-0.15, -0.1) is 0 Å². The van der Waals surface area contributed by atoms with E-state index in [1.165, 1.54) is 13.0 Å². The number of amides is 1. The molecule has 3 atom stereocenters. The number of halogens is 2. The van der Waals surface area contributed by atoms with Gasteiger partial charge in [-0.2, -0.15) is 0 Å². The normalized spacial score (nSPS) is 27.2. The van der Waals surface area contributed by atoms with Crippen molar-refractivity contribution in [3.63, 3.8) is 0 Å². The van der Waals surface area contributed by atoms with Gasteiger partial charge >= 0.3 is 0 Å². The average Bonchev–Trinajstić information content (AvgIpc) is 3.48. The summed E-state index contributed by atoms with van der Waals surface area (Å²) >= 11 is 6.31. The first kappa shape index (κ1) is 33.7. The molecule has 0 saturated carbocycles. The summed E-state index contributed by atoms with van der Waals surface area (Å²) in [5.74, 6) is -1.48. The monoisotopic (exact) mass is 663 g/mol. The number of nitrogens with zero attached hydrogens (tertiary/aromatic N) is 2. The van der Waals surface area contributed by atoms with Gasteiger partial charge in [0.1, 0.15) is 23.7 Å². The number of hydrogen-bond acceptors (Lipinski definition) is 8. The van der Waals surface area contributed by atoms with Crippen LogP contribution in [0.3, 0.4) is 0 Å². The Hall–Kier alpha value is -2.70. The van der Waals surface area contributed by atoms with Crippen molar-refractivity contribution >= 4 is 33.2 Å². The third kappa shape index (κ3) is 7.02. The highest BCUT2D eigenvalue weighted by Gasteiger charge is 2.46. The fourth-order valence-electron chi connectivity index (χ4n) is 6.70. The molecule has 0 radical (unpaired) electrons. The molecule has 9 nitrogen and oxygen atoms in total. The second-order valence-electron chi connectivity index (χ2n) is 12.6. The third-order valence-electron chi connectivity index (χ3n) is 9.76. The van der Waals surface area contributed by atoms with E-state index in [0.29, 0.717) is 36.1 Å². The van der Waals surface area contributed by atoms with Crippen LogP contribution in [-0.2, 0) is 23.1 Å². The standard InChI is InChI=1S/C33H43ClFN3O6S/c1-22-8-13-31(35)33(20-39,21-40)38-15-5-7-28(38)18-37-14-4-3-6-24-16-27(34)11-9-26(24)19-44-30-12-10-25(17-29(30)37)32(41)36-45(42,43)23(22)2/h9-13,16-17,22-23,28,39-40H,3-8,14-15,18-21H2,1-2H3,(H,36,41)/b31-13-/t22-,23+,28-/m0/s1. The summed E-state index contributed by atoms with van der Waals surface area (Å²) in [6, 6.07) is 10.4. The van der Waals surface area contributed by atoms with Crippen molar-refractivity contribution in [3.8, 4) is 5.75 Å². The van der Waals surface area contributed by atoms with E-state index < -0.39 is 51.7 Å². The zero-order valence-corrected chi connectivity index (χ0v) is 27.4. The Morgan fingerprint density at radius 1 is 1.07 bits per heavy atom. The molecule has 3 N–H and O–H groups in total. The van der Waals surface area contributed by atoms with Gasteiger partial charge < -0.3 is 19.8 Å². The van der Waals surface area contributed by atoms with Gasteiger partial charge in [0.05, 0.1) is 24.2 Å². The summed E-state index contributed by atoms with van der Waals surface area (Å²) in [6.45, 7) is 3.62. The second kappa shape index (κ2) is 14.0. The zero-order valence-electron chi connectivity index (χ0n) is 25.8. The Morgan fingerprint density at radius 2 is 1.84 bits per heavy atom. The van der Waals surface area contributed by atoms with Crippen molar-refractivity contribution in [3.05, 3.63) is 70.0 Å². The van der Waals surface area contributed by atoms with Gasteiger partial charge in [-0.1, -0.05) is 30.7 Å². The lowest BCUT2D eigenvalue weighted by molar-refractivity contribution is -0.00856. The lowest BCUT2D eigenvalue weighted by atomic mass is 9.93.